The van der Waals surface area contributed by atoms with E-state index in [1.54, 1.807) is 25.3 Å². The fraction of sp³-hybridized carbons (Fsp3) is 0.273. The molecule has 1 aliphatic rings. The second-order valence-corrected chi connectivity index (χ2v) is 6.53. The quantitative estimate of drug-likeness (QED) is 0.628. The third-order valence-electron chi connectivity index (χ3n) is 4.80. The molecule has 0 amide bonds. The Morgan fingerprint density at radius 2 is 1.78 bits per heavy atom. The molecule has 0 radical (unpaired) electrons. The van der Waals surface area contributed by atoms with Crippen LogP contribution < -0.4 is 9.64 Å². The average Bonchev–Trinajstić information content (AvgIpc) is 2.72. The first kappa shape index (κ1) is 18.5. The summed E-state index contributed by atoms with van der Waals surface area (Å²) in [7, 11) is 1.63. The Balaban J connectivity index is 1.91. The van der Waals surface area contributed by atoms with Gasteiger partial charge in [-0.1, -0.05) is 12.1 Å². The molecule has 1 saturated heterocycles. The van der Waals surface area contributed by atoms with E-state index in [2.05, 4.69) is 17.0 Å². The van der Waals surface area contributed by atoms with Gasteiger partial charge >= 0.3 is 5.97 Å². The van der Waals surface area contributed by atoms with Crippen molar-refractivity contribution in [2.75, 3.05) is 25.1 Å². The standard InChI is InChI=1S/C22H22N2O3/c1-27-21-14-20(24-11-3-2-4-12-24)10-9-18(21)13-19(15-23)16-5-7-17(8-6-16)22(25)26/h5-10,13-14H,2-4,11-12H2,1H3,(H,25,26)/b19-13+. The Bertz CT molecular complexity index is 889. The largest absolute Gasteiger partial charge is 0.496 e. The van der Waals surface area contributed by atoms with Gasteiger partial charge in [0.15, 0.2) is 0 Å². The molecule has 2 aromatic rings. The van der Waals surface area contributed by atoms with Gasteiger partial charge in [-0.15, -0.1) is 0 Å². The lowest BCUT2D eigenvalue weighted by molar-refractivity contribution is 0.0697. The molecule has 1 fully saturated rings. The first-order valence-corrected chi connectivity index (χ1v) is 9.01. The summed E-state index contributed by atoms with van der Waals surface area (Å²) in [6, 6.07) is 14.5. The highest BCUT2D eigenvalue weighted by molar-refractivity contribution is 5.93. The van der Waals surface area contributed by atoms with Crippen molar-refractivity contribution in [1.82, 2.24) is 0 Å². The molecule has 2 aromatic carbocycles. The molecule has 5 heteroatoms. The summed E-state index contributed by atoms with van der Waals surface area (Å²) in [4.78, 5) is 13.3. The first-order valence-electron chi connectivity index (χ1n) is 9.01. The lowest BCUT2D eigenvalue weighted by Crippen LogP contribution is -2.29. The minimum Gasteiger partial charge on any atom is -0.496 e. The van der Waals surface area contributed by atoms with Gasteiger partial charge in [0, 0.05) is 30.4 Å². The van der Waals surface area contributed by atoms with Crippen LogP contribution in [0.15, 0.2) is 42.5 Å². The number of allylic oxidation sites excluding steroid dienone is 1. The Kier molecular flexibility index (Phi) is 5.77. The summed E-state index contributed by atoms with van der Waals surface area (Å²) in [5.74, 6) is -0.271. The molecule has 3 rings (SSSR count). The summed E-state index contributed by atoms with van der Waals surface area (Å²) < 4.78 is 5.55. The molecular weight excluding hydrogens is 340 g/mol. The third kappa shape index (κ3) is 4.29. The van der Waals surface area contributed by atoms with Crippen LogP contribution in [-0.4, -0.2) is 31.3 Å². The van der Waals surface area contributed by atoms with Crippen molar-refractivity contribution in [1.29, 1.82) is 5.26 Å². The molecule has 1 aliphatic heterocycles. The number of methoxy groups -OCH3 is 1. The maximum atomic E-state index is 11.0. The van der Waals surface area contributed by atoms with E-state index in [1.165, 1.54) is 31.4 Å². The number of hydrogen-bond donors (Lipinski definition) is 1. The van der Waals surface area contributed by atoms with Crippen molar-refractivity contribution in [3.8, 4) is 11.8 Å². The second kappa shape index (κ2) is 8.41. The van der Waals surface area contributed by atoms with E-state index in [0.29, 0.717) is 16.9 Å². The van der Waals surface area contributed by atoms with Crippen molar-refractivity contribution in [3.05, 3.63) is 59.2 Å². The van der Waals surface area contributed by atoms with Gasteiger partial charge in [0.05, 0.1) is 24.3 Å². The van der Waals surface area contributed by atoms with Crippen molar-refractivity contribution in [2.24, 2.45) is 0 Å². The minimum atomic E-state index is -0.987. The van der Waals surface area contributed by atoms with E-state index < -0.39 is 5.97 Å². The van der Waals surface area contributed by atoms with Gasteiger partial charge in [-0.2, -0.15) is 5.26 Å². The molecule has 0 aromatic heterocycles. The number of carboxylic acids is 1. The smallest absolute Gasteiger partial charge is 0.335 e. The predicted molar refractivity (Wildman–Crippen MR) is 106 cm³/mol. The first-order chi connectivity index (χ1) is 13.1. The summed E-state index contributed by atoms with van der Waals surface area (Å²) in [5.41, 5.74) is 3.27. The zero-order valence-electron chi connectivity index (χ0n) is 15.3. The number of hydrogen-bond acceptors (Lipinski definition) is 4. The highest BCUT2D eigenvalue weighted by Crippen LogP contribution is 2.30. The molecule has 0 spiro atoms. The van der Waals surface area contributed by atoms with Crippen LogP contribution in [0.1, 0.15) is 40.7 Å². The fourth-order valence-corrected chi connectivity index (χ4v) is 3.30. The van der Waals surface area contributed by atoms with Gasteiger partial charge in [0.2, 0.25) is 0 Å². The van der Waals surface area contributed by atoms with Crippen LogP contribution in [0.5, 0.6) is 5.75 Å². The molecule has 0 bridgehead atoms. The number of nitriles is 1. The van der Waals surface area contributed by atoms with Crippen LogP contribution in [0.4, 0.5) is 5.69 Å². The summed E-state index contributed by atoms with van der Waals surface area (Å²) in [5, 5.41) is 18.6. The van der Waals surface area contributed by atoms with E-state index in [9.17, 15) is 10.1 Å². The maximum absolute atomic E-state index is 11.0. The lowest BCUT2D eigenvalue weighted by atomic mass is 10.0. The van der Waals surface area contributed by atoms with Gasteiger partial charge < -0.3 is 14.7 Å². The highest BCUT2D eigenvalue weighted by Gasteiger charge is 2.13. The van der Waals surface area contributed by atoms with Crippen molar-refractivity contribution < 1.29 is 14.6 Å². The van der Waals surface area contributed by atoms with Gasteiger partial charge in [0.25, 0.3) is 0 Å². The van der Waals surface area contributed by atoms with E-state index in [-0.39, 0.29) is 5.56 Å². The number of carboxylic acid groups (broad SMARTS) is 1. The summed E-state index contributed by atoms with van der Waals surface area (Å²) in [6.07, 6.45) is 5.46. The molecule has 0 saturated carbocycles. The number of nitrogens with zero attached hydrogens (tertiary/aromatic N) is 2. The normalized spacial score (nSPS) is 14.5. The molecular formula is C22H22N2O3. The van der Waals surface area contributed by atoms with E-state index >= 15 is 0 Å². The molecule has 138 valence electrons. The Morgan fingerprint density at radius 1 is 1.11 bits per heavy atom. The molecule has 0 unspecified atom stereocenters. The van der Waals surface area contributed by atoms with Crippen LogP contribution >= 0.6 is 0 Å². The third-order valence-corrected chi connectivity index (χ3v) is 4.80. The van der Waals surface area contributed by atoms with Crippen LogP contribution in [0, 0.1) is 11.3 Å². The number of aromatic carboxylic acids is 1. The number of ether oxygens (including phenoxy) is 1. The van der Waals surface area contributed by atoms with Crippen molar-refractivity contribution in [3.63, 3.8) is 0 Å². The summed E-state index contributed by atoms with van der Waals surface area (Å²) >= 11 is 0. The van der Waals surface area contributed by atoms with Gasteiger partial charge in [-0.05, 0) is 55.2 Å². The van der Waals surface area contributed by atoms with Crippen LogP contribution in [0.3, 0.4) is 0 Å². The molecule has 1 heterocycles. The number of piperidine rings is 1. The summed E-state index contributed by atoms with van der Waals surface area (Å²) in [6.45, 7) is 2.11. The zero-order valence-corrected chi connectivity index (χ0v) is 15.3. The Labute approximate surface area is 159 Å². The van der Waals surface area contributed by atoms with Gasteiger partial charge in [-0.25, -0.2) is 4.79 Å². The van der Waals surface area contributed by atoms with Crippen molar-refractivity contribution >= 4 is 23.3 Å². The predicted octanol–water partition coefficient (Wildman–Crippen LogP) is 4.45. The lowest BCUT2D eigenvalue weighted by Gasteiger charge is -2.29. The van der Waals surface area contributed by atoms with E-state index in [4.69, 9.17) is 9.84 Å². The molecule has 5 nitrogen and oxygen atoms in total. The number of anilines is 1. The fourth-order valence-electron chi connectivity index (χ4n) is 3.30. The minimum absolute atomic E-state index is 0.194. The SMILES string of the molecule is COc1cc(N2CCCCC2)ccc1/C=C(\C#N)c1ccc(C(=O)O)cc1. The van der Waals surface area contributed by atoms with Gasteiger partial charge in [-0.3, -0.25) is 0 Å². The second-order valence-electron chi connectivity index (χ2n) is 6.53. The van der Waals surface area contributed by atoms with Gasteiger partial charge in [0.1, 0.15) is 5.75 Å². The number of benzene rings is 2. The zero-order chi connectivity index (χ0) is 19.2. The van der Waals surface area contributed by atoms with Crippen LogP contribution in [0.25, 0.3) is 11.6 Å². The molecule has 0 aliphatic carbocycles. The maximum Gasteiger partial charge on any atom is 0.335 e. The monoisotopic (exact) mass is 362 g/mol. The topological polar surface area (TPSA) is 73.6 Å². The van der Waals surface area contributed by atoms with Crippen LogP contribution in [0.2, 0.25) is 0 Å². The molecule has 0 atom stereocenters. The molecule has 27 heavy (non-hydrogen) atoms. The van der Waals surface area contributed by atoms with E-state index in [0.717, 1.165) is 24.3 Å². The average molecular weight is 362 g/mol. The van der Waals surface area contributed by atoms with E-state index in [1.807, 2.05) is 12.1 Å². The Hall–Kier alpha value is -3.26. The number of rotatable bonds is 5. The number of carbonyl (C=O) groups is 1. The molecule has 1 N–H and O–H groups in total. The Morgan fingerprint density at radius 3 is 2.37 bits per heavy atom. The highest BCUT2D eigenvalue weighted by atomic mass is 16.5. The van der Waals surface area contributed by atoms with Crippen molar-refractivity contribution in [2.45, 2.75) is 19.3 Å². The van der Waals surface area contributed by atoms with Crippen LogP contribution in [-0.2, 0) is 0 Å².